The molecule has 1 atom stereocenters. The fraction of sp³-hybridized carbons (Fsp3) is 0.333. The molecule has 1 fully saturated rings. The van der Waals surface area contributed by atoms with Crippen LogP contribution in [0.5, 0.6) is 5.75 Å². The highest BCUT2D eigenvalue weighted by molar-refractivity contribution is 7.10. The lowest BCUT2D eigenvalue weighted by Gasteiger charge is -2.13. The maximum absolute atomic E-state index is 6.33. The average Bonchev–Trinajstić information content (AvgIpc) is 3.08. The Morgan fingerprint density at radius 3 is 2.83 bits per heavy atom. The summed E-state index contributed by atoms with van der Waals surface area (Å²) in [4.78, 5) is 1.23. The molecule has 1 unspecified atom stereocenters. The molecule has 1 aliphatic rings. The van der Waals surface area contributed by atoms with Gasteiger partial charge in [-0.2, -0.15) is 0 Å². The standard InChI is InChI=1S/C15H17NOS/c1-10-7-8-18-15(10)14(16)11-3-2-4-13(9-11)17-12-5-6-12/h2-4,7-9,12,14H,5-6,16H2,1H3. The molecule has 94 valence electrons. The molecule has 0 amide bonds. The second-order valence-electron chi connectivity index (χ2n) is 4.84. The summed E-state index contributed by atoms with van der Waals surface area (Å²) in [5, 5.41) is 2.09. The largest absolute Gasteiger partial charge is 0.490 e. The van der Waals surface area contributed by atoms with E-state index < -0.39 is 0 Å². The first-order chi connectivity index (χ1) is 8.74. The van der Waals surface area contributed by atoms with Gasteiger partial charge in [0.1, 0.15) is 5.75 Å². The van der Waals surface area contributed by atoms with Gasteiger partial charge in [0.15, 0.2) is 0 Å². The predicted molar refractivity (Wildman–Crippen MR) is 75.2 cm³/mol. The average molecular weight is 259 g/mol. The topological polar surface area (TPSA) is 35.2 Å². The van der Waals surface area contributed by atoms with Crippen molar-refractivity contribution in [2.75, 3.05) is 0 Å². The van der Waals surface area contributed by atoms with Crippen molar-refractivity contribution in [1.29, 1.82) is 0 Å². The lowest BCUT2D eigenvalue weighted by atomic mass is 10.0. The lowest BCUT2D eigenvalue weighted by Crippen LogP contribution is -2.11. The summed E-state index contributed by atoms with van der Waals surface area (Å²) in [5.74, 6) is 0.944. The molecule has 18 heavy (non-hydrogen) atoms. The zero-order chi connectivity index (χ0) is 12.5. The molecule has 1 heterocycles. The molecule has 0 bridgehead atoms. The highest BCUT2D eigenvalue weighted by Gasteiger charge is 2.23. The van der Waals surface area contributed by atoms with Crippen LogP contribution in [0.2, 0.25) is 0 Å². The Bertz CT molecular complexity index is 545. The predicted octanol–water partition coefficient (Wildman–Crippen LogP) is 3.65. The van der Waals surface area contributed by atoms with Gasteiger partial charge in [0.2, 0.25) is 0 Å². The maximum Gasteiger partial charge on any atom is 0.120 e. The molecule has 2 N–H and O–H groups in total. The molecule has 0 radical (unpaired) electrons. The Labute approximate surface area is 111 Å². The minimum Gasteiger partial charge on any atom is -0.490 e. The van der Waals surface area contributed by atoms with Crippen LogP contribution in [0.3, 0.4) is 0 Å². The SMILES string of the molecule is Cc1ccsc1C(N)c1cccc(OC2CC2)c1. The van der Waals surface area contributed by atoms with E-state index in [2.05, 4.69) is 30.5 Å². The van der Waals surface area contributed by atoms with Crippen LogP contribution < -0.4 is 10.5 Å². The van der Waals surface area contributed by atoms with Crippen LogP contribution in [-0.4, -0.2) is 6.10 Å². The number of rotatable bonds is 4. The Kier molecular flexibility index (Phi) is 3.10. The van der Waals surface area contributed by atoms with Crippen LogP contribution in [0.1, 0.15) is 34.9 Å². The van der Waals surface area contributed by atoms with Crippen molar-refractivity contribution in [3.8, 4) is 5.75 Å². The van der Waals surface area contributed by atoms with Crippen molar-refractivity contribution in [3.63, 3.8) is 0 Å². The third kappa shape index (κ3) is 2.42. The molecule has 1 aromatic heterocycles. The van der Waals surface area contributed by atoms with Crippen molar-refractivity contribution >= 4 is 11.3 Å². The smallest absolute Gasteiger partial charge is 0.120 e. The first kappa shape index (κ1) is 11.8. The summed E-state index contributed by atoms with van der Waals surface area (Å²) in [6.07, 6.45) is 2.79. The molecule has 0 aliphatic heterocycles. The molecule has 3 rings (SSSR count). The van der Waals surface area contributed by atoms with E-state index in [1.54, 1.807) is 11.3 Å². The van der Waals surface area contributed by atoms with Crippen molar-refractivity contribution in [2.45, 2.75) is 31.9 Å². The summed E-state index contributed by atoms with van der Waals surface area (Å²) >= 11 is 1.72. The number of nitrogens with two attached hydrogens (primary N) is 1. The maximum atomic E-state index is 6.33. The van der Waals surface area contributed by atoms with Gasteiger partial charge in [-0.25, -0.2) is 0 Å². The van der Waals surface area contributed by atoms with Gasteiger partial charge in [-0.3, -0.25) is 0 Å². The van der Waals surface area contributed by atoms with E-state index in [-0.39, 0.29) is 6.04 Å². The zero-order valence-electron chi connectivity index (χ0n) is 10.4. The summed E-state index contributed by atoms with van der Waals surface area (Å²) in [6, 6.07) is 10.2. The van der Waals surface area contributed by atoms with Crippen molar-refractivity contribution in [2.24, 2.45) is 5.73 Å². The molecule has 1 aromatic carbocycles. The van der Waals surface area contributed by atoms with Crippen molar-refractivity contribution in [1.82, 2.24) is 0 Å². The number of ether oxygens (including phenoxy) is 1. The summed E-state index contributed by atoms with van der Waals surface area (Å²) in [7, 11) is 0. The van der Waals surface area contributed by atoms with E-state index in [1.165, 1.54) is 23.3 Å². The van der Waals surface area contributed by atoms with Gasteiger partial charge in [-0.1, -0.05) is 12.1 Å². The second-order valence-corrected chi connectivity index (χ2v) is 5.78. The van der Waals surface area contributed by atoms with E-state index in [0.717, 1.165) is 11.3 Å². The number of hydrogen-bond acceptors (Lipinski definition) is 3. The van der Waals surface area contributed by atoms with E-state index >= 15 is 0 Å². The lowest BCUT2D eigenvalue weighted by molar-refractivity contribution is 0.303. The van der Waals surface area contributed by atoms with Gasteiger partial charge in [0.05, 0.1) is 12.1 Å². The van der Waals surface area contributed by atoms with Crippen molar-refractivity contribution in [3.05, 3.63) is 51.7 Å². The Hall–Kier alpha value is -1.32. The minimum atomic E-state index is -0.0484. The fourth-order valence-corrected chi connectivity index (χ4v) is 2.97. The zero-order valence-corrected chi connectivity index (χ0v) is 11.2. The molecule has 1 aliphatic carbocycles. The van der Waals surface area contributed by atoms with Gasteiger partial charge in [0.25, 0.3) is 0 Å². The monoisotopic (exact) mass is 259 g/mol. The molecule has 3 heteroatoms. The Balaban J connectivity index is 1.84. The van der Waals surface area contributed by atoms with Crippen LogP contribution in [0.25, 0.3) is 0 Å². The third-order valence-corrected chi connectivity index (χ3v) is 4.33. The molecule has 2 aromatic rings. The first-order valence-electron chi connectivity index (χ1n) is 6.30. The van der Waals surface area contributed by atoms with E-state index in [0.29, 0.717) is 6.10 Å². The third-order valence-electron chi connectivity index (χ3n) is 3.23. The first-order valence-corrected chi connectivity index (χ1v) is 7.18. The number of hydrogen-bond donors (Lipinski definition) is 1. The summed E-state index contributed by atoms with van der Waals surface area (Å²) in [6.45, 7) is 2.11. The van der Waals surface area contributed by atoms with Crippen LogP contribution in [0, 0.1) is 6.92 Å². The Morgan fingerprint density at radius 2 is 2.17 bits per heavy atom. The number of aryl methyl sites for hydroxylation is 1. The van der Waals surface area contributed by atoms with Gasteiger partial charge in [-0.15, -0.1) is 11.3 Å². The van der Waals surface area contributed by atoms with Crippen LogP contribution in [0.4, 0.5) is 0 Å². The quantitative estimate of drug-likeness (QED) is 0.909. The molecule has 2 nitrogen and oxygen atoms in total. The van der Waals surface area contributed by atoms with Gasteiger partial charge >= 0.3 is 0 Å². The van der Waals surface area contributed by atoms with Crippen molar-refractivity contribution < 1.29 is 4.74 Å². The Morgan fingerprint density at radius 1 is 1.33 bits per heavy atom. The molecule has 0 spiro atoms. The van der Waals surface area contributed by atoms with Crippen LogP contribution in [-0.2, 0) is 0 Å². The molecular formula is C15H17NOS. The summed E-state index contributed by atoms with van der Waals surface area (Å²) in [5.41, 5.74) is 8.72. The van der Waals surface area contributed by atoms with E-state index in [9.17, 15) is 0 Å². The highest BCUT2D eigenvalue weighted by atomic mass is 32.1. The fourth-order valence-electron chi connectivity index (χ4n) is 2.01. The van der Waals surface area contributed by atoms with Crippen LogP contribution >= 0.6 is 11.3 Å². The molecule has 1 saturated carbocycles. The number of thiophene rings is 1. The molecular weight excluding hydrogens is 242 g/mol. The minimum absolute atomic E-state index is 0.0484. The highest BCUT2D eigenvalue weighted by Crippen LogP contribution is 2.31. The number of benzene rings is 1. The van der Waals surface area contributed by atoms with Gasteiger partial charge in [0, 0.05) is 4.88 Å². The van der Waals surface area contributed by atoms with Gasteiger partial charge < -0.3 is 10.5 Å². The normalized spacial score (nSPS) is 16.6. The van der Waals surface area contributed by atoms with Gasteiger partial charge in [-0.05, 0) is 54.5 Å². The van der Waals surface area contributed by atoms with E-state index in [1.807, 2.05) is 12.1 Å². The van der Waals surface area contributed by atoms with E-state index in [4.69, 9.17) is 10.5 Å². The second kappa shape index (κ2) is 4.75. The van der Waals surface area contributed by atoms with Crippen LogP contribution in [0.15, 0.2) is 35.7 Å². The molecule has 0 saturated heterocycles. The summed E-state index contributed by atoms with van der Waals surface area (Å²) < 4.78 is 5.81.